The van der Waals surface area contributed by atoms with E-state index in [9.17, 15) is 4.79 Å². The van der Waals surface area contributed by atoms with Crippen molar-refractivity contribution in [3.05, 3.63) is 30.3 Å². The van der Waals surface area contributed by atoms with Gasteiger partial charge in [-0.25, -0.2) is 0 Å². The Morgan fingerprint density at radius 2 is 2.00 bits per heavy atom. The van der Waals surface area contributed by atoms with Gasteiger partial charge in [0.15, 0.2) is 0 Å². The van der Waals surface area contributed by atoms with Gasteiger partial charge in [0.05, 0.1) is 12.7 Å². The summed E-state index contributed by atoms with van der Waals surface area (Å²) >= 11 is 0. The molecule has 1 N–H and O–H groups in total. The number of amides is 1. The molecule has 5 heteroatoms. The van der Waals surface area contributed by atoms with Crippen molar-refractivity contribution in [2.75, 3.05) is 26.2 Å². The second-order valence-electron chi connectivity index (χ2n) is 5.96. The van der Waals surface area contributed by atoms with Crippen LogP contribution in [0.25, 0.3) is 0 Å². The maximum Gasteiger partial charge on any atom is 0.242 e. The first-order chi connectivity index (χ1) is 10.7. The molecule has 0 spiro atoms. The number of carbonyl (C=O) groups is 1. The van der Waals surface area contributed by atoms with Crippen molar-refractivity contribution in [1.29, 1.82) is 0 Å². The summed E-state index contributed by atoms with van der Waals surface area (Å²) in [6, 6.07) is 9.67. The van der Waals surface area contributed by atoms with E-state index in [1.807, 2.05) is 42.2 Å². The molecule has 0 aliphatic carbocycles. The molecule has 2 saturated heterocycles. The van der Waals surface area contributed by atoms with Crippen LogP contribution in [0.3, 0.4) is 0 Å². The van der Waals surface area contributed by atoms with E-state index in [0.717, 1.165) is 38.2 Å². The lowest BCUT2D eigenvalue weighted by atomic mass is 10.0. The van der Waals surface area contributed by atoms with Gasteiger partial charge in [-0.15, -0.1) is 0 Å². The number of morpholine rings is 1. The number of carbonyl (C=O) groups excluding carboxylic acids is 1. The molecular weight excluding hydrogens is 280 g/mol. The van der Waals surface area contributed by atoms with Crippen LogP contribution in [-0.2, 0) is 9.53 Å². The quantitative estimate of drug-likeness (QED) is 0.918. The molecule has 2 aliphatic rings. The summed E-state index contributed by atoms with van der Waals surface area (Å²) in [7, 11) is 0. The van der Waals surface area contributed by atoms with Gasteiger partial charge in [0, 0.05) is 32.5 Å². The molecule has 0 aromatic heterocycles. The van der Waals surface area contributed by atoms with E-state index in [1.165, 1.54) is 0 Å². The third kappa shape index (κ3) is 3.59. The Balaban J connectivity index is 1.50. The predicted molar refractivity (Wildman–Crippen MR) is 83.9 cm³/mol. The number of likely N-dealkylation sites (tertiary alicyclic amines) is 1. The molecule has 1 aromatic carbocycles. The average molecular weight is 304 g/mol. The first-order valence-corrected chi connectivity index (χ1v) is 8.09. The summed E-state index contributed by atoms with van der Waals surface area (Å²) in [5.41, 5.74) is 0. The maximum atomic E-state index is 12.6. The van der Waals surface area contributed by atoms with Crippen molar-refractivity contribution < 1.29 is 14.3 Å². The van der Waals surface area contributed by atoms with Crippen LogP contribution in [0.1, 0.15) is 19.8 Å². The Labute approximate surface area is 131 Å². The van der Waals surface area contributed by atoms with Gasteiger partial charge in [0.2, 0.25) is 5.91 Å². The number of para-hydroxylation sites is 1. The molecule has 1 amide bonds. The van der Waals surface area contributed by atoms with Crippen molar-refractivity contribution in [3.8, 4) is 5.75 Å². The molecule has 2 atom stereocenters. The van der Waals surface area contributed by atoms with Gasteiger partial charge in [-0.2, -0.15) is 0 Å². The highest BCUT2D eigenvalue weighted by molar-refractivity contribution is 5.82. The molecule has 3 rings (SSSR count). The largest absolute Gasteiger partial charge is 0.490 e. The maximum absolute atomic E-state index is 12.6. The minimum Gasteiger partial charge on any atom is -0.490 e. The van der Waals surface area contributed by atoms with Crippen molar-refractivity contribution in [1.82, 2.24) is 10.2 Å². The molecule has 2 fully saturated rings. The van der Waals surface area contributed by atoms with Crippen LogP contribution in [0.15, 0.2) is 30.3 Å². The zero-order chi connectivity index (χ0) is 15.4. The lowest BCUT2D eigenvalue weighted by Gasteiger charge is -2.37. The zero-order valence-electron chi connectivity index (χ0n) is 13.0. The first kappa shape index (κ1) is 15.3. The topological polar surface area (TPSA) is 50.8 Å². The molecule has 1 aromatic rings. The molecule has 2 aliphatic heterocycles. The van der Waals surface area contributed by atoms with Crippen molar-refractivity contribution >= 4 is 5.91 Å². The number of nitrogens with one attached hydrogen (secondary N) is 1. The normalized spacial score (nSPS) is 26.7. The Hall–Kier alpha value is -1.59. The van der Waals surface area contributed by atoms with Crippen LogP contribution >= 0.6 is 0 Å². The number of hydrogen-bond acceptors (Lipinski definition) is 4. The Kier molecular flexibility index (Phi) is 4.95. The van der Waals surface area contributed by atoms with Gasteiger partial charge < -0.3 is 19.7 Å². The third-order valence-electron chi connectivity index (χ3n) is 4.38. The second kappa shape index (κ2) is 7.11. The number of piperidine rings is 1. The number of ether oxygens (including phenoxy) is 2. The number of nitrogens with zero attached hydrogens (tertiary/aromatic N) is 1. The van der Waals surface area contributed by atoms with Crippen LogP contribution in [0.4, 0.5) is 0 Å². The summed E-state index contributed by atoms with van der Waals surface area (Å²) < 4.78 is 11.5. The molecule has 120 valence electrons. The fourth-order valence-electron chi connectivity index (χ4n) is 3.09. The Bertz CT molecular complexity index is 486. The summed E-state index contributed by atoms with van der Waals surface area (Å²) in [5.74, 6) is 1.06. The predicted octanol–water partition coefficient (Wildman–Crippen LogP) is 1.43. The van der Waals surface area contributed by atoms with Crippen molar-refractivity contribution in [2.24, 2.45) is 0 Å². The summed E-state index contributed by atoms with van der Waals surface area (Å²) in [5, 5.41) is 3.27. The minimum atomic E-state index is -0.208. The van der Waals surface area contributed by atoms with Gasteiger partial charge in [0.1, 0.15) is 17.9 Å². The highest BCUT2D eigenvalue weighted by Gasteiger charge is 2.33. The van der Waals surface area contributed by atoms with Gasteiger partial charge >= 0.3 is 0 Å². The minimum absolute atomic E-state index is 0.0560. The van der Waals surface area contributed by atoms with E-state index in [2.05, 4.69) is 5.32 Å². The molecule has 0 radical (unpaired) electrons. The van der Waals surface area contributed by atoms with Gasteiger partial charge in [-0.05, 0) is 19.1 Å². The van der Waals surface area contributed by atoms with Crippen LogP contribution in [0.2, 0.25) is 0 Å². The van der Waals surface area contributed by atoms with Gasteiger partial charge in [0.25, 0.3) is 0 Å². The second-order valence-corrected chi connectivity index (χ2v) is 5.96. The smallest absolute Gasteiger partial charge is 0.242 e. The van der Waals surface area contributed by atoms with Crippen LogP contribution < -0.4 is 10.1 Å². The summed E-state index contributed by atoms with van der Waals surface area (Å²) in [6.07, 6.45) is 1.89. The van der Waals surface area contributed by atoms with Crippen LogP contribution in [-0.4, -0.2) is 55.3 Å². The lowest BCUT2D eigenvalue weighted by Crippen LogP contribution is -2.57. The highest BCUT2D eigenvalue weighted by atomic mass is 16.5. The SMILES string of the molecule is C[C@H]1OCCN[C@@H]1C(=O)N1CCC(Oc2ccccc2)CC1. The third-order valence-corrected chi connectivity index (χ3v) is 4.38. The van der Waals surface area contributed by atoms with Gasteiger partial charge in [-0.3, -0.25) is 4.79 Å². The van der Waals surface area contributed by atoms with Crippen molar-refractivity contribution in [2.45, 2.75) is 38.0 Å². The van der Waals surface area contributed by atoms with E-state index < -0.39 is 0 Å². The van der Waals surface area contributed by atoms with E-state index in [4.69, 9.17) is 9.47 Å². The van der Waals surface area contributed by atoms with E-state index in [1.54, 1.807) is 0 Å². The van der Waals surface area contributed by atoms with Gasteiger partial charge in [-0.1, -0.05) is 18.2 Å². The molecule has 0 saturated carbocycles. The lowest BCUT2D eigenvalue weighted by molar-refractivity contribution is -0.141. The molecule has 22 heavy (non-hydrogen) atoms. The molecule has 2 heterocycles. The fourth-order valence-corrected chi connectivity index (χ4v) is 3.09. The van der Waals surface area contributed by atoms with E-state index in [0.29, 0.717) is 6.61 Å². The monoisotopic (exact) mass is 304 g/mol. The molecule has 0 unspecified atom stereocenters. The number of hydrogen-bond donors (Lipinski definition) is 1. The zero-order valence-corrected chi connectivity index (χ0v) is 13.0. The van der Waals surface area contributed by atoms with Crippen molar-refractivity contribution in [3.63, 3.8) is 0 Å². The summed E-state index contributed by atoms with van der Waals surface area (Å²) in [6.45, 7) is 4.88. The molecule has 0 bridgehead atoms. The average Bonchev–Trinajstić information content (AvgIpc) is 2.56. The fraction of sp³-hybridized carbons (Fsp3) is 0.588. The number of benzene rings is 1. The van der Waals surface area contributed by atoms with Crippen LogP contribution in [0, 0.1) is 0 Å². The standard InChI is InChI=1S/C17H24N2O3/c1-13-16(18-9-12-21-13)17(20)19-10-7-15(8-11-19)22-14-5-3-2-4-6-14/h2-6,13,15-16,18H,7-12H2,1H3/t13-,16+/m1/s1. The number of rotatable bonds is 3. The van der Waals surface area contributed by atoms with Crippen LogP contribution in [0.5, 0.6) is 5.75 Å². The first-order valence-electron chi connectivity index (χ1n) is 8.09. The summed E-state index contributed by atoms with van der Waals surface area (Å²) in [4.78, 5) is 14.5. The van der Waals surface area contributed by atoms with E-state index >= 15 is 0 Å². The highest BCUT2D eigenvalue weighted by Crippen LogP contribution is 2.20. The Morgan fingerprint density at radius 1 is 1.27 bits per heavy atom. The molecular formula is C17H24N2O3. The Morgan fingerprint density at radius 3 is 2.68 bits per heavy atom. The molecule has 5 nitrogen and oxygen atoms in total. The van der Waals surface area contributed by atoms with E-state index in [-0.39, 0.29) is 24.2 Å².